The van der Waals surface area contributed by atoms with Gasteiger partial charge in [-0.3, -0.25) is 15.5 Å². The van der Waals surface area contributed by atoms with Gasteiger partial charge < -0.3 is 14.7 Å². The summed E-state index contributed by atoms with van der Waals surface area (Å²) in [6.45, 7) is 2.81. The van der Waals surface area contributed by atoms with E-state index in [1.54, 1.807) is 36.5 Å². The highest BCUT2D eigenvalue weighted by molar-refractivity contribution is 5.94. The molecule has 9 heteroatoms. The van der Waals surface area contributed by atoms with Crippen LogP contribution >= 0.6 is 0 Å². The molecule has 2 aliphatic rings. The van der Waals surface area contributed by atoms with E-state index < -0.39 is 10.9 Å². The Balaban J connectivity index is 1.61. The molecule has 0 atom stereocenters. The lowest BCUT2D eigenvalue weighted by atomic mass is 10.1. The van der Waals surface area contributed by atoms with Crippen LogP contribution in [-0.4, -0.2) is 53.4 Å². The van der Waals surface area contributed by atoms with Crippen LogP contribution in [0.5, 0.6) is 0 Å². The van der Waals surface area contributed by atoms with Gasteiger partial charge in [-0.25, -0.2) is 4.79 Å². The Bertz CT molecular complexity index is 1130. The minimum Gasteiger partial charge on any atom is -0.478 e. The number of rotatable bonds is 7. The Labute approximate surface area is 190 Å². The van der Waals surface area contributed by atoms with E-state index in [2.05, 4.69) is 21.5 Å². The van der Waals surface area contributed by atoms with Crippen LogP contribution in [0, 0.1) is 10.1 Å². The molecule has 2 aromatic carbocycles. The van der Waals surface area contributed by atoms with Gasteiger partial charge >= 0.3 is 5.97 Å². The van der Waals surface area contributed by atoms with Crippen LogP contribution in [0.15, 0.2) is 70.5 Å². The number of nitrogens with one attached hydrogen (secondary N) is 1. The Morgan fingerprint density at radius 2 is 1.85 bits per heavy atom. The first-order valence-electron chi connectivity index (χ1n) is 10.7. The highest BCUT2D eigenvalue weighted by Crippen LogP contribution is 2.35. The van der Waals surface area contributed by atoms with Crippen LogP contribution in [0.1, 0.15) is 28.8 Å². The van der Waals surface area contributed by atoms with Crippen molar-refractivity contribution >= 4 is 29.6 Å². The van der Waals surface area contributed by atoms with Crippen LogP contribution in [0.2, 0.25) is 0 Å². The fourth-order valence-corrected chi connectivity index (χ4v) is 4.01. The summed E-state index contributed by atoms with van der Waals surface area (Å²) >= 11 is 0. The van der Waals surface area contributed by atoms with Crippen LogP contribution in [-0.2, 0) is 4.74 Å². The highest BCUT2D eigenvalue weighted by Gasteiger charge is 2.25. The van der Waals surface area contributed by atoms with Gasteiger partial charge in [0.1, 0.15) is 0 Å². The van der Waals surface area contributed by atoms with E-state index in [0.717, 1.165) is 48.3 Å². The third kappa shape index (κ3) is 5.27. The lowest BCUT2D eigenvalue weighted by molar-refractivity contribution is -0.384. The molecule has 1 heterocycles. The number of allylic oxidation sites excluding steroid dienone is 2. The van der Waals surface area contributed by atoms with E-state index in [9.17, 15) is 20.0 Å². The van der Waals surface area contributed by atoms with Gasteiger partial charge in [0.2, 0.25) is 0 Å². The second-order valence-corrected chi connectivity index (χ2v) is 7.71. The number of non-ortho nitro benzene ring substituents is 1. The Hall–Kier alpha value is -3.98. The SMILES string of the molecule is O=C(O)c1ccccc1N/N=C/C1=C(N2CCOCC2)C(=C\c2ccc([N+](=O)[O-])cc2)/CC1. The van der Waals surface area contributed by atoms with E-state index >= 15 is 0 Å². The van der Waals surface area contributed by atoms with Crippen LogP contribution in [0.4, 0.5) is 11.4 Å². The second-order valence-electron chi connectivity index (χ2n) is 7.71. The van der Waals surface area contributed by atoms with Crippen molar-refractivity contribution in [3.05, 3.63) is 86.6 Å². The van der Waals surface area contributed by atoms with Gasteiger partial charge in [-0.05, 0) is 59.9 Å². The number of ether oxygens (including phenoxy) is 1. The van der Waals surface area contributed by atoms with Crippen molar-refractivity contribution in [1.29, 1.82) is 0 Å². The molecule has 0 aromatic heterocycles. The maximum Gasteiger partial charge on any atom is 0.337 e. The molecule has 1 aliphatic heterocycles. The van der Waals surface area contributed by atoms with Crippen molar-refractivity contribution in [1.82, 2.24) is 4.90 Å². The third-order valence-corrected chi connectivity index (χ3v) is 5.61. The topological polar surface area (TPSA) is 117 Å². The van der Waals surface area contributed by atoms with Gasteiger partial charge in [0.25, 0.3) is 5.69 Å². The van der Waals surface area contributed by atoms with E-state index in [0.29, 0.717) is 18.9 Å². The fourth-order valence-electron chi connectivity index (χ4n) is 4.01. The van der Waals surface area contributed by atoms with Gasteiger partial charge in [0.15, 0.2) is 0 Å². The lowest BCUT2D eigenvalue weighted by Gasteiger charge is -2.31. The smallest absolute Gasteiger partial charge is 0.337 e. The van der Waals surface area contributed by atoms with Gasteiger partial charge in [-0.1, -0.05) is 12.1 Å². The molecule has 0 bridgehead atoms. The molecule has 0 radical (unpaired) electrons. The molecular formula is C24H24N4O5. The Morgan fingerprint density at radius 3 is 2.55 bits per heavy atom. The summed E-state index contributed by atoms with van der Waals surface area (Å²) in [6, 6.07) is 13.1. The second kappa shape index (κ2) is 10.1. The van der Waals surface area contributed by atoms with Crippen LogP contribution < -0.4 is 5.43 Å². The highest BCUT2D eigenvalue weighted by atomic mass is 16.6. The molecule has 0 spiro atoms. The van der Waals surface area contributed by atoms with Crippen molar-refractivity contribution in [2.45, 2.75) is 12.8 Å². The quantitative estimate of drug-likeness (QED) is 0.371. The minimum atomic E-state index is -1.02. The number of morpholine rings is 1. The zero-order valence-electron chi connectivity index (χ0n) is 17.9. The number of hydrazone groups is 1. The molecule has 1 aliphatic carbocycles. The number of carboxylic acid groups (broad SMARTS) is 1. The van der Waals surface area contributed by atoms with Gasteiger partial charge in [-0.15, -0.1) is 0 Å². The first-order valence-corrected chi connectivity index (χ1v) is 10.7. The first-order chi connectivity index (χ1) is 16.0. The normalized spacial score (nSPS) is 17.7. The summed E-state index contributed by atoms with van der Waals surface area (Å²) in [5, 5.41) is 24.6. The summed E-state index contributed by atoms with van der Waals surface area (Å²) in [5.41, 5.74) is 7.67. The van der Waals surface area contributed by atoms with Gasteiger partial charge in [0.05, 0.1) is 35.6 Å². The van der Waals surface area contributed by atoms with Gasteiger partial charge in [0, 0.05) is 30.9 Å². The zero-order valence-corrected chi connectivity index (χ0v) is 17.9. The molecule has 2 aromatic rings. The Kier molecular flexibility index (Phi) is 6.80. The average molecular weight is 448 g/mol. The monoisotopic (exact) mass is 448 g/mol. The van der Waals surface area contributed by atoms with Crippen molar-refractivity contribution in [2.24, 2.45) is 5.10 Å². The molecule has 2 N–H and O–H groups in total. The summed E-state index contributed by atoms with van der Waals surface area (Å²) in [7, 11) is 0. The number of benzene rings is 2. The minimum absolute atomic E-state index is 0.0630. The number of hydrogen-bond acceptors (Lipinski definition) is 7. The number of aromatic carboxylic acids is 1. The third-order valence-electron chi connectivity index (χ3n) is 5.61. The summed E-state index contributed by atoms with van der Waals surface area (Å²) in [6.07, 6.45) is 5.41. The molecule has 33 heavy (non-hydrogen) atoms. The number of anilines is 1. The number of hydrogen-bond donors (Lipinski definition) is 2. The van der Waals surface area contributed by atoms with Crippen LogP contribution in [0.3, 0.4) is 0 Å². The maximum atomic E-state index is 11.4. The predicted octanol–water partition coefficient (Wildman–Crippen LogP) is 4.15. The average Bonchev–Trinajstić information content (AvgIpc) is 3.22. The number of para-hydroxylation sites is 1. The molecule has 170 valence electrons. The van der Waals surface area contributed by atoms with E-state index in [1.807, 2.05) is 0 Å². The maximum absolute atomic E-state index is 11.4. The molecule has 1 fully saturated rings. The van der Waals surface area contributed by atoms with Gasteiger partial charge in [-0.2, -0.15) is 5.10 Å². The lowest BCUT2D eigenvalue weighted by Crippen LogP contribution is -2.36. The summed E-state index contributed by atoms with van der Waals surface area (Å²) in [4.78, 5) is 24.2. The van der Waals surface area contributed by atoms with Crippen LogP contribution in [0.25, 0.3) is 6.08 Å². The standard InChI is InChI=1S/C24H24N4O5/c29-24(30)21-3-1-2-4-22(21)26-25-16-19-8-7-18(23(19)27-11-13-33-14-12-27)15-17-5-9-20(10-6-17)28(31)32/h1-6,9-10,15-16,26H,7-8,11-14H2,(H,29,30)/b18-15-,25-16+. The van der Waals surface area contributed by atoms with Crippen molar-refractivity contribution in [2.75, 3.05) is 31.7 Å². The largest absolute Gasteiger partial charge is 0.478 e. The molecule has 4 rings (SSSR count). The molecule has 0 saturated carbocycles. The summed E-state index contributed by atoms with van der Waals surface area (Å²) in [5.74, 6) is -1.02. The van der Waals surface area contributed by atoms with E-state index in [-0.39, 0.29) is 11.3 Å². The zero-order chi connectivity index (χ0) is 23.2. The number of nitro groups is 1. The molecule has 0 amide bonds. The molecule has 1 saturated heterocycles. The Morgan fingerprint density at radius 1 is 1.12 bits per heavy atom. The fraction of sp³-hybridized carbons (Fsp3) is 0.250. The summed E-state index contributed by atoms with van der Waals surface area (Å²) < 4.78 is 5.51. The molecule has 9 nitrogen and oxygen atoms in total. The number of nitrogens with zero attached hydrogens (tertiary/aromatic N) is 3. The van der Waals surface area contributed by atoms with Crippen molar-refractivity contribution in [3.63, 3.8) is 0 Å². The van der Waals surface area contributed by atoms with E-state index in [4.69, 9.17) is 4.74 Å². The first kappa shape index (κ1) is 22.2. The number of carboxylic acids is 1. The predicted molar refractivity (Wildman–Crippen MR) is 125 cm³/mol. The molecule has 0 unspecified atom stereocenters. The molecular weight excluding hydrogens is 424 g/mol. The van der Waals surface area contributed by atoms with E-state index in [1.165, 1.54) is 18.2 Å². The van der Waals surface area contributed by atoms with Crippen molar-refractivity contribution < 1.29 is 19.6 Å². The van der Waals surface area contributed by atoms with Crippen molar-refractivity contribution in [3.8, 4) is 0 Å². The number of nitro benzene ring substituents is 1. The number of carbonyl (C=O) groups is 1.